The zero-order valence-corrected chi connectivity index (χ0v) is 12.5. The van der Waals surface area contributed by atoms with Gasteiger partial charge in [-0.15, -0.1) is 11.3 Å². The SMILES string of the molecule is CSCCNC(=O)c1sc(-c2cccnc2)nc1C. The number of nitrogens with one attached hydrogen (secondary N) is 1. The molecule has 0 spiro atoms. The van der Waals surface area contributed by atoms with Crippen molar-refractivity contribution in [1.82, 2.24) is 15.3 Å². The van der Waals surface area contributed by atoms with E-state index in [0.29, 0.717) is 11.4 Å². The minimum absolute atomic E-state index is 0.0424. The number of hydrogen-bond acceptors (Lipinski definition) is 5. The van der Waals surface area contributed by atoms with Gasteiger partial charge in [0.1, 0.15) is 9.88 Å². The van der Waals surface area contributed by atoms with E-state index in [2.05, 4.69) is 15.3 Å². The Labute approximate surface area is 120 Å². The molecule has 0 fully saturated rings. The topological polar surface area (TPSA) is 54.9 Å². The molecule has 0 aliphatic carbocycles. The highest BCUT2D eigenvalue weighted by Gasteiger charge is 2.15. The number of rotatable bonds is 5. The van der Waals surface area contributed by atoms with Crippen molar-refractivity contribution in [1.29, 1.82) is 0 Å². The van der Waals surface area contributed by atoms with E-state index in [0.717, 1.165) is 22.0 Å². The second kappa shape index (κ2) is 6.68. The minimum atomic E-state index is -0.0424. The van der Waals surface area contributed by atoms with Crippen LogP contribution in [0, 0.1) is 6.92 Å². The van der Waals surface area contributed by atoms with Gasteiger partial charge in [-0.25, -0.2) is 4.98 Å². The Balaban J connectivity index is 2.15. The average Bonchev–Trinajstić information content (AvgIpc) is 2.82. The number of carbonyl (C=O) groups is 1. The lowest BCUT2D eigenvalue weighted by molar-refractivity contribution is 0.0959. The highest BCUT2D eigenvalue weighted by Crippen LogP contribution is 2.27. The van der Waals surface area contributed by atoms with Gasteiger partial charge in [-0.1, -0.05) is 0 Å². The van der Waals surface area contributed by atoms with E-state index in [-0.39, 0.29) is 5.91 Å². The zero-order chi connectivity index (χ0) is 13.7. The molecule has 6 heteroatoms. The number of thiazole rings is 1. The Morgan fingerprint density at radius 1 is 1.53 bits per heavy atom. The second-order valence-corrected chi connectivity index (χ2v) is 5.91. The number of thioether (sulfide) groups is 1. The lowest BCUT2D eigenvalue weighted by Gasteiger charge is -2.01. The third kappa shape index (κ3) is 3.54. The molecule has 0 aliphatic heterocycles. The average molecular weight is 293 g/mol. The van der Waals surface area contributed by atoms with E-state index >= 15 is 0 Å². The second-order valence-electron chi connectivity index (χ2n) is 3.92. The molecule has 100 valence electrons. The lowest BCUT2D eigenvalue weighted by atomic mass is 10.3. The first-order valence-electron chi connectivity index (χ1n) is 5.87. The molecule has 0 radical (unpaired) electrons. The lowest BCUT2D eigenvalue weighted by Crippen LogP contribution is -2.25. The summed E-state index contributed by atoms with van der Waals surface area (Å²) >= 11 is 3.12. The van der Waals surface area contributed by atoms with Gasteiger partial charge in [0.2, 0.25) is 0 Å². The molecule has 19 heavy (non-hydrogen) atoms. The van der Waals surface area contributed by atoms with Crippen molar-refractivity contribution in [3.63, 3.8) is 0 Å². The third-order valence-corrected chi connectivity index (χ3v) is 4.32. The zero-order valence-electron chi connectivity index (χ0n) is 10.8. The minimum Gasteiger partial charge on any atom is -0.350 e. The van der Waals surface area contributed by atoms with Crippen molar-refractivity contribution in [2.45, 2.75) is 6.92 Å². The van der Waals surface area contributed by atoms with E-state index in [1.54, 1.807) is 24.2 Å². The predicted octanol–water partition coefficient (Wildman–Crippen LogP) is 2.61. The van der Waals surface area contributed by atoms with Crippen molar-refractivity contribution in [2.24, 2.45) is 0 Å². The number of carbonyl (C=O) groups excluding carboxylic acids is 1. The van der Waals surface area contributed by atoms with Gasteiger partial charge in [0.15, 0.2) is 0 Å². The Morgan fingerprint density at radius 3 is 3.05 bits per heavy atom. The summed E-state index contributed by atoms with van der Waals surface area (Å²) in [6, 6.07) is 3.81. The van der Waals surface area contributed by atoms with Gasteiger partial charge in [0.25, 0.3) is 5.91 Å². The van der Waals surface area contributed by atoms with Gasteiger partial charge in [0.05, 0.1) is 5.69 Å². The molecule has 1 amide bonds. The first kappa shape index (κ1) is 14.0. The first-order chi connectivity index (χ1) is 9.22. The van der Waals surface area contributed by atoms with Gasteiger partial charge >= 0.3 is 0 Å². The Bertz CT molecular complexity index is 554. The third-order valence-electron chi connectivity index (χ3n) is 2.50. The maximum atomic E-state index is 12.0. The summed E-state index contributed by atoms with van der Waals surface area (Å²) in [5, 5.41) is 3.73. The fraction of sp³-hybridized carbons (Fsp3) is 0.308. The van der Waals surface area contributed by atoms with Crippen LogP contribution in [0.3, 0.4) is 0 Å². The molecular formula is C13H15N3OS2. The molecule has 2 aromatic rings. The van der Waals surface area contributed by atoms with E-state index in [1.165, 1.54) is 11.3 Å². The smallest absolute Gasteiger partial charge is 0.263 e. The van der Waals surface area contributed by atoms with Crippen LogP contribution >= 0.6 is 23.1 Å². The molecule has 2 rings (SSSR count). The predicted molar refractivity (Wildman–Crippen MR) is 80.8 cm³/mol. The molecule has 2 aromatic heterocycles. The van der Waals surface area contributed by atoms with E-state index in [1.807, 2.05) is 25.3 Å². The van der Waals surface area contributed by atoms with Crippen LogP contribution < -0.4 is 5.32 Å². The van der Waals surface area contributed by atoms with Crippen LogP contribution in [-0.4, -0.2) is 34.4 Å². The Hall–Kier alpha value is -1.40. The highest BCUT2D eigenvalue weighted by atomic mass is 32.2. The number of amides is 1. The quantitative estimate of drug-likeness (QED) is 0.861. The van der Waals surface area contributed by atoms with Crippen molar-refractivity contribution in [2.75, 3.05) is 18.6 Å². The summed E-state index contributed by atoms with van der Waals surface area (Å²) in [5.74, 6) is 0.873. The summed E-state index contributed by atoms with van der Waals surface area (Å²) in [6.45, 7) is 2.54. The molecule has 4 nitrogen and oxygen atoms in total. The maximum Gasteiger partial charge on any atom is 0.263 e. The van der Waals surface area contributed by atoms with Crippen LogP contribution in [0.5, 0.6) is 0 Å². The largest absolute Gasteiger partial charge is 0.350 e. The molecule has 0 saturated heterocycles. The molecule has 0 atom stereocenters. The van der Waals surface area contributed by atoms with Crippen molar-refractivity contribution < 1.29 is 4.79 Å². The van der Waals surface area contributed by atoms with Crippen LogP contribution in [0.4, 0.5) is 0 Å². The Morgan fingerprint density at radius 2 is 2.37 bits per heavy atom. The fourth-order valence-electron chi connectivity index (χ4n) is 1.57. The van der Waals surface area contributed by atoms with Crippen molar-refractivity contribution >= 4 is 29.0 Å². The maximum absolute atomic E-state index is 12.0. The van der Waals surface area contributed by atoms with Crippen LogP contribution in [-0.2, 0) is 0 Å². The van der Waals surface area contributed by atoms with Crippen molar-refractivity contribution in [3.05, 3.63) is 35.1 Å². The summed E-state index contributed by atoms with van der Waals surface area (Å²) in [7, 11) is 0. The molecule has 0 aromatic carbocycles. The van der Waals surface area contributed by atoms with E-state index in [9.17, 15) is 4.79 Å². The molecule has 0 unspecified atom stereocenters. The highest BCUT2D eigenvalue weighted by molar-refractivity contribution is 7.98. The molecule has 0 aliphatic rings. The standard InChI is InChI=1S/C13H15N3OS2/c1-9-11(12(17)15-6-7-18-2)19-13(16-9)10-4-3-5-14-8-10/h3-5,8H,6-7H2,1-2H3,(H,15,17). The van der Waals surface area contributed by atoms with Crippen molar-refractivity contribution in [3.8, 4) is 10.6 Å². The van der Waals surface area contributed by atoms with Crippen LogP contribution in [0.1, 0.15) is 15.4 Å². The monoisotopic (exact) mass is 293 g/mol. The fourth-order valence-corrected chi connectivity index (χ4v) is 2.85. The first-order valence-corrected chi connectivity index (χ1v) is 8.08. The van der Waals surface area contributed by atoms with Gasteiger partial charge in [-0.05, 0) is 25.3 Å². The Kier molecular flexibility index (Phi) is 4.93. The van der Waals surface area contributed by atoms with Crippen LogP contribution in [0.2, 0.25) is 0 Å². The van der Waals surface area contributed by atoms with Crippen LogP contribution in [0.25, 0.3) is 10.6 Å². The van der Waals surface area contributed by atoms with Gasteiger partial charge < -0.3 is 5.32 Å². The number of hydrogen-bond donors (Lipinski definition) is 1. The molecule has 0 bridgehead atoms. The van der Waals surface area contributed by atoms with Gasteiger partial charge in [-0.3, -0.25) is 9.78 Å². The number of aryl methyl sites for hydroxylation is 1. The van der Waals surface area contributed by atoms with Crippen LogP contribution in [0.15, 0.2) is 24.5 Å². The summed E-state index contributed by atoms with van der Waals surface area (Å²) in [4.78, 5) is 21.2. The number of pyridine rings is 1. The molecule has 0 saturated carbocycles. The van der Waals surface area contributed by atoms with E-state index in [4.69, 9.17) is 0 Å². The summed E-state index contributed by atoms with van der Waals surface area (Å²) in [6.07, 6.45) is 5.50. The molecule has 1 N–H and O–H groups in total. The molecular weight excluding hydrogens is 278 g/mol. The number of nitrogens with zero attached hydrogens (tertiary/aromatic N) is 2. The van der Waals surface area contributed by atoms with Gasteiger partial charge in [0, 0.05) is 30.3 Å². The van der Waals surface area contributed by atoms with E-state index < -0.39 is 0 Å². The normalized spacial score (nSPS) is 10.4. The number of aromatic nitrogens is 2. The van der Waals surface area contributed by atoms with Gasteiger partial charge in [-0.2, -0.15) is 11.8 Å². The summed E-state index contributed by atoms with van der Waals surface area (Å²) in [5.41, 5.74) is 1.71. The summed E-state index contributed by atoms with van der Waals surface area (Å²) < 4.78 is 0. The molecule has 2 heterocycles.